The minimum Gasteiger partial charge on any atom is -0.496 e. The number of thiophene rings is 1. The van der Waals surface area contributed by atoms with Crippen molar-refractivity contribution >= 4 is 56.6 Å². The number of halogens is 1. The van der Waals surface area contributed by atoms with Crippen LogP contribution in [0.15, 0.2) is 34.1 Å². The molecule has 1 aromatic carbocycles. The third-order valence-corrected chi connectivity index (χ3v) is 8.18. The molecule has 2 aromatic rings. The van der Waals surface area contributed by atoms with Crippen LogP contribution in [0, 0.1) is 0 Å². The fourth-order valence-corrected chi connectivity index (χ4v) is 5.92. The largest absolute Gasteiger partial charge is 0.496 e. The molecule has 0 unspecified atom stereocenters. The van der Waals surface area contributed by atoms with E-state index in [0.717, 1.165) is 29.5 Å². The SMILES string of the molecule is COc1cc(NC(=O)C2(NC(=O)c3ccc(Br)s3)CCCCCC2)ccc1C(=O)N1CCNC(=O)C1. The smallest absolute Gasteiger partial charge is 0.262 e. The number of amides is 4. The van der Waals surface area contributed by atoms with Crippen molar-refractivity contribution in [2.45, 2.75) is 44.1 Å². The van der Waals surface area contributed by atoms with Crippen molar-refractivity contribution in [2.75, 3.05) is 32.1 Å². The summed E-state index contributed by atoms with van der Waals surface area (Å²) in [7, 11) is 1.45. The molecule has 1 aromatic heterocycles. The molecule has 1 saturated heterocycles. The second-order valence-electron chi connectivity index (χ2n) is 9.00. The van der Waals surface area contributed by atoms with Gasteiger partial charge in [-0.15, -0.1) is 11.3 Å². The molecule has 1 aliphatic carbocycles. The Hall–Kier alpha value is -2.92. The molecule has 0 radical (unpaired) electrons. The van der Waals surface area contributed by atoms with E-state index in [1.807, 2.05) is 6.07 Å². The van der Waals surface area contributed by atoms with Gasteiger partial charge in [0.2, 0.25) is 11.8 Å². The van der Waals surface area contributed by atoms with Crippen molar-refractivity contribution in [2.24, 2.45) is 0 Å². The van der Waals surface area contributed by atoms with Gasteiger partial charge >= 0.3 is 0 Å². The van der Waals surface area contributed by atoms with Crippen LogP contribution in [0.2, 0.25) is 0 Å². The van der Waals surface area contributed by atoms with Crippen LogP contribution in [0.5, 0.6) is 5.75 Å². The predicted octanol–water partition coefficient (Wildman–Crippen LogP) is 3.55. The van der Waals surface area contributed by atoms with Gasteiger partial charge in [0.1, 0.15) is 11.3 Å². The van der Waals surface area contributed by atoms with Crippen molar-refractivity contribution in [1.29, 1.82) is 0 Å². The highest BCUT2D eigenvalue weighted by Crippen LogP contribution is 2.31. The summed E-state index contributed by atoms with van der Waals surface area (Å²) in [6.07, 6.45) is 4.77. The minimum atomic E-state index is -1.03. The summed E-state index contributed by atoms with van der Waals surface area (Å²) < 4.78 is 6.30. The monoisotopic (exact) mass is 576 g/mol. The van der Waals surface area contributed by atoms with Crippen LogP contribution < -0.4 is 20.7 Å². The molecule has 192 valence electrons. The number of nitrogens with zero attached hydrogens (tertiary/aromatic N) is 1. The van der Waals surface area contributed by atoms with E-state index in [0.29, 0.717) is 47.8 Å². The number of carbonyl (C=O) groups excluding carboxylic acids is 4. The van der Waals surface area contributed by atoms with Crippen LogP contribution >= 0.6 is 27.3 Å². The number of carbonyl (C=O) groups is 4. The number of ether oxygens (including phenoxy) is 1. The van der Waals surface area contributed by atoms with Crippen LogP contribution in [-0.4, -0.2) is 60.8 Å². The maximum absolute atomic E-state index is 13.6. The van der Waals surface area contributed by atoms with Crippen molar-refractivity contribution in [3.63, 3.8) is 0 Å². The maximum atomic E-state index is 13.6. The summed E-state index contributed by atoms with van der Waals surface area (Å²) in [4.78, 5) is 53.3. The summed E-state index contributed by atoms with van der Waals surface area (Å²) in [5, 5.41) is 8.68. The number of nitrogens with one attached hydrogen (secondary N) is 3. The van der Waals surface area contributed by atoms with Gasteiger partial charge in [0.25, 0.3) is 11.8 Å². The fourth-order valence-electron chi connectivity index (χ4n) is 4.63. The van der Waals surface area contributed by atoms with Crippen molar-refractivity contribution in [1.82, 2.24) is 15.5 Å². The molecule has 1 aliphatic heterocycles. The Balaban J connectivity index is 1.54. The number of hydrogen-bond donors (Lipinski definition) is 3. The Morgan fingerprint density at radius 2 is 1.86 bits per heavy atom. The van der Waals surface area contributed by atoms with Gasteiger partial charge in [-0.1, -0.05) is 25.7 Å². The van der Waals surface area contributed by atoms with Crippen molar-refractivity contribution in [3.8, 4) is 5.75 Å². The first-order valence-corrected chi connectivity index (χ1v) is 13.6. The lowest BCUT2D eigenvalue weighted by Crippen LogP contribution is -2.56. The van der Waals surface area contributed by atoms with E-state index < -0.39 is 5.54 Å². The molecule has 3 N–H and O–H groups in total. The third-order valence-electron chi connectivity index (χ3n) is 6.56. The molecule has 36 heavy (non-hydrogen) atoms. The molecule has 0 bridgehead atoms. The zero-order valence-electron chi connectivity index (χ0n) is 20.0. The molecule has 11 heteroatoms. The van der Waals surface area contributed by atoms with E-state index in [4.69, 9.17) is 4.74 Å². The summed E-state index contributed by atoms with van der Waals surface area (Å²) in [6.45, 7) is 0.802. The van der Waals surface area contributed by atoms with Gasteiger partial charge in [-0.2, -0.15) is 0 Å². The zero-order chi connectivity index (χ0) is 25.7. The first kappa shape index (κ1) is 26.2. The van der Waals surface area contributed by atoms with Gasteiger partial charge in [-0.25, -0.2) is 0 Å². The molecule has 0 atom stereocenters. The van der Waals surface area contributed by atoms with Gasteiger partial charge < -0.3 is 25.6 Å². The first-order chi connectivity index (χ1) is 17.3. The number of benzene rings is 1. The molecule has 0 spiro atoms. The Labute approximate surface area is 222 Å². The fraction of sp³-hybridized carbons (Fsp3) is 0.440. The normalized spacial score (nSPS) is 17.5. The standard InChI is InChI=1S/C25H29BrN4O5S/c1-35-18-14-16(6-7-17(18)23(33)30-13-12-27-21(31)15-30)28-24(34)25(10-4-2-3-5-11-25)29-22(32)19-8-9-20(26)36-19/h6-9,14H,2-5,10-13,15H2,1H3,(H,27,31)(H,28,34)(H,29,32). The summed E-state index contributed by atoms with van der Waals surface area (Å²) in [5.41, 5.74) is -0.264. The molecular formula is C25H29BrN4O5S. The number of hydrogen-bond acceptors (Lipinski definition) is 6. The Morgan fingerprint density at radius 3 is 2.50 bits per heavy atom. The van der Waals surface area contributed by atoms with E-state index in [1.165, 1.54) is 23.3 Å². The van der Waals surface area contributed by atoms with Gasteiger partial charge in [0.15, 0.2) is 0 Å². The number of anilines is 1. The van der Waals surface area contributed by atoms with Gasteiger partial charge in [-0.05, 0) is 53.0 Å². The number of piperazine rings is 1. The van der Waals surface area contributed by atoms with Crippen LogP contribution in [0.4, 0.5) is 5.69 Å². The topological polar surface area (TPSA) is 117 Å². The highest BCUT2D eigenvalue weighted by Gasteiger charge is 2.40. The lowest BCUT2D eigenvalue weighted by atomic mass is 9.88. The van der Waals surface area contributed by atoms with Gasteiger partial charge in [0.05, 0.1) is 27.9 Å². The molecule has 2 aliphatic rings. The lowest BCUT2D eigenvalue weighted by Gasteiger charge is -2.32. The minimum absolute atomic E-state index is 0.0104. The van der Waals surface area contributed by atoms with Gasteiger partial charge in [0, 0.05) is 24.8 Å². The lowest BCUT2D eigenvalue weighted by molar-refractivity contribution is -0.123. The van der Waals surface area contributed by atoms with Gasteiger partial charge in [-0.3, -0.25) is 19.2 Å². The summed E-state index contributed by atoms with van der Waals surface area (Å²) in [6, 6.07) is 8.37. The molecule has 4 amide bonds. The quantitative estimate of drug-likeness (QED) is 0.455. The highest BCUT2D eigenvalue weighted by atomic mass is 79.9. The van der Waals surface area contributed by atoms with Crippen molar-refractivity contribution < 1.29 is 23.9 Å². The van der Waals surface area contributed by atoms with Crippen LogP contribution in [0.3, 0.4) is 0 Å². The Morgan fingerprint density at radius 1 is 1.11 bits per heavy atom. The predicted molar refractivity (Wildman–Crippen MR) is 140 cm³/mol. The Kier molecular flexibility index (Phi) is 8.30. The number of rotatable bonds is 6. The second kappa shape index (κ2) is 11.4. The van der Waals surface area contributed by atoms with E-state index in [9.17, 15) is 19.2 Å². The summed E-state index contributed by atoms with van der Waals surface area (Å²) in [5.74, 6) is -0.780. The Bertz CT molecular complexity index is 1160. The van der Waals surface area contributed by atoms with Crippen LogP contribution in [0.25, 0.3) is 0 Å². The molecule has 9 nitrogen and oxygen atoms in total. The molecule has 2 fully saturated rings. The zero-order valence-corrected chi connectivity index (χ0v) is 22.4. The average Bonchev–Trinajstić information content (AvgIpc) is 3.17. The third kappa shape index (κ3) is 5.89. The molecule has 1 saturated carbocycles. The molecule has 2 heterocycles. The molecule has 4 rings (SSSR count). The molecular weight excluding hydrogens is 548 g/mol. The van der Waals surface area contributed by atoms with E-state index in [-0.39, 0.29) is 30.2 Å². The number of methoxy groups -OCH3 is 1. The van der Waals surface area contributed by atoms with E-state index in [1.54, 1.807) is 24.3 Å². The summed E-state index contributed by atoms with van der Waals surface area (Å²) >= 11 is 4.70. The average molecular weight is 578 g/mol. The van der Waals surface area contributed by atoms with E-state index in [2.05, 4.69) is 31.9 Å². The highest BCUT2D eigenvalue weighted by molar-refractivity contribution is 9.11. The first-order valence-electron chi connectivity index (χ1n) is 11.9. The van der Waals surface area contributed by atoms with Crippen LogP contribution in [-0.2, 0) is 9.59 Å². The van der Waals surface area contributed by atoms with E-state index >= 15 is 0 Å². The van der Waals surface area contributed by atoms with Crippen molar-refractivity contribution in [3.05, 3.63) is 44.6 Å². The van der Waals surface area contributed by atoms with Crippen LogP contribution in [0.1, 0.15) is 58.6 Å². The second-order valence-corrected chi connectivity index (χ2v) is 11.5. The maximum Gasteiger partial charge on any atom is 0.262 e.